The monoisotopic (exact) mass is 513 g/mol. The lowest BCUT2D eigenvalue weighted by Crippen LogP contribution is -2.27. The zero-order valence-corrected chi connectivity index (χ0v) is 22.1. The summed E-state index contributed by atoms with van der Waals surface area (Å²) in [6.07, 6.45) is 6.26. The van der Waals surface area contributed by atoms with Crippen LogP contribution in [0, 0.1) is 5.92 Å². The van der Waals surface area contributed by atoms with Crippen LogP contribution in [0.3, 0.4) is 0 Å². The summed E-state index contributed by atoms with van der Waals surface area (Å²) in [6.45, 7) is 5.72. The molecule has 4 rings (SSSR count). The Morgan fingerprint density at radius 2 is 1.89 bits per heavy atom. The number of anilines is 4. The Balaban J connectivity index is 1.50. The van der Waals surface area contributed by atoms with Crippen LogP contribution in [0.5, 0.6) is 5.75 Å². The third kappa shape index (κ3) is 6.75. The topological polar surface area (TPSA) is 88.2 Å². The molecule has 35 heavy (non-hydrogen) atoms. The Morgan fingerprint density at radius 3 is 2.63 bits per heavy atom. The molecule has 0 saturated carbocycles. The number of nitrogens with zero attached hydrogens (tertiary/aromatic N) is 2. The lowest BCUT2D eigenvalue weighted by atomic mass is 9.91. The lowest BCUT2D eigenvalue weighted by molar-refractivity contribution is 0.354. The average molecular weight is 514 g/mol. The minimum atomic E-state index is -2.49. The van der Waals surface area contributed by atoms with Crippen LogP contribution >= 0.6 is 18.7 Å². The van der Waals surface area contributed by atoms with E-state index in [-0.39, 0.29) is 0 Å². The van der Waals surface area contributed by atoms with Crippen LogP contribution in [-0.4, -0.2) is 43.5 Å². The molecular formula is C26H33ClN5O2P. The van der Waals surface area contributed by atoms with Gasteiger partial charge in [-0.1, -0.05) is 29.8 Å². The number of rotatable bonds is 9. The van der Waals surface area contributed by atoms with E-state index >= 15 is 0 Å². The summed E-state index contributed by atoms with van der Waals surface area (Å²) in [5.41, 5.74) is 2.74. The Kier molecular flexibility index (Phi) is 8.32. The van der Waals surface area contributed by atoms with Crippen LogP contribution in [0.2, 0.25) is 5.02 Å². The minimum absolute atomic E-state index is 0.368. The molecule has 3 aromatic rings. The molecule has 1 aliphatic heterocycles. The lowest BCUT2D eigenvalue weighted by Gasteiger charge is -2.22. The quantitative estimate of drug-likeness (QED) is 0.311. The maximum atomic E-state index is 12.7. The molecule has 0 amide bonds. The van der Waals surface area contributed by atoms with E-state index in [1.54, 1.807) is 26.6 Å². The van der Waals surface area contributed by atoms with Gasteiger partial charge in [0.15, 0.2) is 5.82 Å². The maximum absolute atomic E-state index is 12.7. The number of methoxy groups -OCH3 is 1. The normalized spacial score (nSPS) is 14.5. The number of hydrogen-bond donors (Lipinski definition) is 3. The highest BCUT2D eigenvalue weighted by Crippen LogP contribution is 2.39. The predicted molar refractivity (Wildman–Crippen MR) is 146 cm³/mol. The summed E-state index contributed by atoms with van der Waals surface area (Å²) in [4.78, 5) is 8.90. The predicted octanol–water partition coefficient (Wildman–Crippen LogP) is 5.81. The van der Waals surface area contributed by atoms with Crippen LogP contribution in [0.4, 0.5) is 23.1 Å². The fourth-order valence-corrected chi connectivity index (χ4v) is 5.64. The van der Waals surface area contributed by atoms with Crippen molar-refractivity contribution < 1.29 is 9.30 Å². The summed E-state index contributed by atoms with van der Waals surface area (Å²) in [6, 6.07) is 13.7. The number of benzene rings is 2. The van der Waals surface area contributed by atoms with Crippen LogP contribution in [0.15, 0.2) is 48.7 Å². The largest absolute Gasteiger partial charge is 0.495 e. The van der Waals surface area contributed by atoms with Crippen LogP contribution in [-0.2, 0) is 11.0 Å². The second-order valence-corrected chi connectivity index (χ2v) is 12.9. The molecule has 7 nitrogen and oxygen atoms in total. The first-order valence-electron chi connectivity index (χ1n) is 11.9. The van der Waals surface area contributed by atoms with E-state index in [1.807, 2.05) is 30.3 Å². The third-order valence-corrected chi connectivity index (χ3v) is 8.12. The van der Waals surface area contributed by atoms with Gasteiger partial charge in [-0.05, 0) is 87.8 Å². The highest BCUT2D eigenvalue weighted by atomic mass is 35.5. The van der Waals surface area contributed by atoms with Gasteiger partial charge in [-0.25, -0.2) is 4.98 Å². The first kappa shape index (κ1) is 25.5. The van der Waals surface area contributed by atoms with E-state index < -0.39 is 7.14 Å². The van der Waals surface area contributed by atoms with E-state index in [9.17, 15) is 4.57 Å². The molecule has 1 fully saturated rings. The summed E-state index contributed by atoms with van der Waals surface area (Å²) < 4.78 is 18.4. The summed E-state index contributed by atoms with van der Waals surface area (Å²) in [5, 5.41) is 11.0. The first-order valence-corrected chi connectivity index (χ1v) is 14.9. The van der Waals surface area contributed by atoms with Crippen LogP contribution in [0.1, 0.15) is 24.8 Å². The van der Waals surface area contributed by atoms with Crippen molar-refractivity contribution in [3.63, 3.8) is 0 Å². The van der Waals surface area contributed by atoms with Crippen LogP contribution < -0.4 is 26.0 Å². The Morgan fingerprint density at radius 1 is 1.11 bits per heavy atom. The van der Waals surface area contributed by atoms with Gasteiger partial charge < -0.3 is 25.3 Å². The standard InChI is InChI=1S/C26H33ClN5O2P/c1-34-23-16-19(9-8-18-12-14-28-15-13-18)10-11-21(23)31-26-29-17-20(27)25(32-26)30-22-6-4-5-7-24(22)35(2,3)33/h4-7,10-11,16-18,28H,8-9,12-15H2,1-3H3,(H2,29,30,31,32). The second kappa shape index (κ2) is 11.4. The molecular weight excluding hydrogens is 481 g/mol. The molecule has 0 aliphatic carbocycles. The summed E-state index contributed by atoms with van der Waals surface area (Å²) in [7, 11) is -0.825. The first-order chi connectivity index (χ1) is 16.8. The molecule has 0 radical (unpaired) electrons. The van der Waals surface area contributed by atoms with Crippen molar-refractivity contribution in [3.8, 4) is 5.75 Å². The zero-order valence-electron chi connectivity index (χ0n) is 20.5. The van der Waals surface area contributed by atoms with Crippen molar-refractivity contribution in [1.29, 1.82) is 0 Å². The van der Waals surface area contributed by atoms with Gasteiger partial charge in [-0.3, -0.25) is 0 Å². The van der Waals surface area contributed by atoms with Crippen molar-refractivity contribution in [2.45, 2.75) is 25.7 Å². The van der Waals surface area contributed by atoms with Gasteiger partial charge in [0.25, 0.3) is 0 Å². The number of aryl methyl sites for hydroxylation is 1. The van der Waals surface area contributed by atoms with Gasteiger partial charge in [0.05, 0.1) is 24.7 Å². The Labute approximate surface area is 212 Å². The van der Waals surface area contributed by atoms with Crippen molar-refractivity contribution in [2.24, 2.45) is 5.92 Å². The summed E-state index contributed by atoms with van der Waals surface area (Å²) in [5.74, 6) is 2.34. The highest BCUT2D eigenvalue weighted by Gasteiger charge is 2.18. The fourth-order valence-electron chi connectivity index (χ4n) is 4.35. The van der Waals surface area contributed by atoms with Crippen molar-refractivity contribution in [1.82, 2.24) is 15.3 Å². The highest BCUT2D eigenvalue weighted by molar-refractivity contribution is 7.70. The van der Waals surface area contributed by atoms with E-state index in [4.69, 9.17) is 16.3 Å². The molecule has 1 aliphatic rings. The molecule has 9 heteroatoms. The number of aromatic nitrogens is 2. The number of ether oxygens (including phenoxy) is 1. The van der Waals surface area contributed by atoms with E-state index in [0.717, 1.165) is 42.2 Å². The van der Waals surface area contributed by atoms with Gasteiger partial charge in [0, 0.05) is 5.30 Å². The molecule has 2 heterocycles. The molecule has 1 saturated heterocycles. The zero-order chi connectivity index (χ0) is 24.8. The van der Waals surface area contributed by atoms with Crippen LogP contribution in [0.25, 0.3) is 0 Å². The number of hydrogen-bond acceptors (Lipinski definition) is 7. The van der Waals surface area contributed by atoms with Gasteiger partial charge in [-0.2, -0.15) is 4.98 Å². The van der Waals surface area contributed by atoms with E-state index in [2.05, 4.69) is 38.1 Å². The number of para-hydroxylation sites is 1. The van der Waals surface area contributed by atoms with Crippen molar-refractivity contribution in [3.05, 3.63) is 59.2 Å². The van der Waals surface area contributed by atoms with Crippen molar-refractivity contribution in [2.75, 3.05) is 44.2 Å². The number of piperidine rings is 1. The third-order valence-electron chi connectivity index (χ3n) is 6.29. The van der Waals surface area contributed by atoms with Gasteiger partial charge >= 0.3 is 0 Å². The Bertz CT molecular complexity index is 1210. The fraction of sp³-hybridized carbons (Fsp3) is 0.385. The van der Waals surface area contributed by atoms with Gasteiger partial charge in [0.1, 0.15) is 17.9 Å². The minimum Gasteiger partial charge on any atom is -0.495 e. The molecule has 0 bridgehead atoms. The molecule has 2 aromatic carbocycles. The SMILES string of the molecule is COc1cc(CCC2CCNCC2)ccc1Nc1ncc(Cl)c(Nc2ccccc2P(C)(C)=O)n1. The average Bonchev–Trinajstić information content (AvgIpc) is 2.85. The van der Waals surface area contributed by atoms with E-state index in [0.29, 0.717) is 22.5 Å². The molecule has 186 valence electrons. The maximum Gasteiger partial charge on any atom is 0.229 e. The number of halogens is 1. The molecule has 1 aromatic heterocycles. The molecule has 3 N–H and O–H groups in total. The Hall–Kier alpha value is -2.60. The smallest absolute Gasteiger partial charge is 0.229 e. The molecule has 0 unspecified atom stereocenters. The summed E-state index contributed by atoms with van der Waals surface area (Å²) >= 11 is 6.38. The second-order valence-electron chi connectivity index (χ2n) is 9.27. The molecule has 0 spiro atoms. The number of nitrogens with one attached hydrogen (secondary N) is 3. The van der Waals surface area contributed by atoms with E-state index in [1.165, 1.54) is 24.8 Å². The van der Waals surface area contributed by atoms with Gasteiger partial charge in [0.2, 0.25) is 5.95 Å². The van der Waals surface area contributed by atoms with Gasteiger partial charge in [-0.15, -0.1) is 0 Å². The molecule has 0 atom stereocenters. The van der Waals surface area contributed by atoms with Crippen molar-refractivity contribution >= 4 is 47.2 Å².